The molecule has 9 heteroatoms. The number of benzene rings is 2. The zero-order chi connectivity index (χ0) is 26.0. The van der Waals surface area contributed by atoms with Crippen LogP contribution >= 0.6 is 10.8 Å². The smallest absolute Gasteiger partial charge is 0.251 e. The number of amides is 1. The van der Waals surface area contributed by atoms with Gasteiger partial charge in [0.2, 0.25) is 0 Å². The molecule has 0 aromatic heterocycles. The Morgan fingerprint density at radius 1 is 1.11 bits per heavy atom. The van der Waals surface area contributed by atoms with Crippen LogP contribution in [0.15, 0.2) is 48.5 Å². The van der Waals surface area contributed by atoms with Crippen molar-refractivity contribution in [1.82, 2.24) is 10.6 Å². The standard InChI is InChI=1S/C27H42N4O4S/c1-3-5-13-28-20-26(32)25(16-21-11-7-6-8-12-21)30-27(33)22-17-23(29-4-2)19-24(18-22)31-14-9-10-15-36(31,34)35/h6-8,11-12,17-19,25-26,28-29,32,34-35H,3-5,9-10,13-16,20H2,1-2H3,(H,30,33)/t25-,26-/m0/s1. The van der Waals surface area contributed by atoms with Crippen molar-refractivity contribution in [3.63, 3.8) is 0 Å². The van der Waals surface area contributed by atoms with Gasteiger partial charge in [0.05, 0.1) is 23.6 Å². The van der Waals surface area contributed by atoms with Gasteiger partial charge >= 0.3 is 0 Å². The predicted molar refractivity (Wildman–Crippen MR) is 150 cm³/mol. The second-order valence-corrected chi connectivity index (χ2v) is 11.5. The molecule has 1 aliphatic heterocycles. The topological polar surface area (TPSA) is 117 Å². The quantitative estimate of drug-likeness (QED) is 0.217. The highest BCUT2D eigenvalue weighted by molar-refractivity contribution is 8.25. The Bertz CT molecular complexity index is 960. The third-order valence-corrected chi connectivity index (χ3v) is 8.31. The summed E-state index contributed by atoms with van der Waals surface area (Å²) in [4.78, 5) is 13.5. The second-order valence-electron chi connectivity index (χ2n) is 9.34. The average Bonchev–Trinajstić information content (AvgIpc) is 2.86. The Labute approximate surface area is 217 Å². The van der Waals surface area contributed by atoms with Gasteiger partial charge in [0, 0.05) is 30.9 Å². The molecule has 2 aromatic carbocycles. The fourth-order valence-electron chi connectivity index (χ4n) is 4.39. The zero-order valence-corrected chi connectivity index (χ0v) is 22.3. The molecule has 200 valence electrons. The summed E-state index contributed by atoms with van der Waals surface area (Å²) in [5.41, 5.74) is 2.79. The van der Waals surface area contributed by atoms with E-state index in [1.54, 1.807) is 16.4 Å². The molecule has 1 fully saturated rings. The number of hydrogen-bond donors (Lipinski definition) is 6. The van der Waals surface area contributed by atoms with E-state index in [1.807, 2.05) is 43.3 Å². The maximum atomic E-state index is 13.5. The molecule has 0 spiro atoms. The summed E-state index contributed by atoms with van der Waals surface area (Å²) in [7, 11) is -2.92. The van der Waals surface area contributed by atoms with Crippen molar-refractivity contribution in [2.45, 2.75) is 58.1 Å². The zero-order valence-electron chi connectivity index (χ0n) is 21.4. The minimum absolute atomic E-state index is 0.307. The van der Waals surface area contributed by atoms with Crippen LogP contribution in [-0.2, 0) is 6.42 Å². The van der Waals surface area contributed by atoms with Gasteiger partial charge in [-0.05, 0) is 62.9 Å². The van der Waals surface area contributed by atoms with Crippen molar-refractivity contribution in [2.75, 3.05) is 41.6 Å². The van der Waals surface area contributed by atoms with Crippen molar-refractivity contribution >= 4 is 28.1 Å². The van der Waals surface area contributed by atoms with E-state index in [1.165, 1.54) is 0 Å². The lowest BCUT2D eigenvalue weighted by Crippen LogP contribution is -2.49. The van der Waals surface area contributed by atoms with E-state index in [0.717, 1.165) is 43.5 Å². The van der Waals surface area contributed by atoms with Crippen LogP contribution in [0.2, 0.25) is 0 Å². The van der Waals surface area contributed by atoms with Gasteiger partial charge in [-0.2, -0.15) is 0 Å². The van der Waals surface area contributed by atoms with Crippen LogP contribution in [0.1, 0.15) is 55.5 Å². The number of hydrogen-bond acceptors (Lipinski definition) is 7. The average molecular weight is 519 g/mol. The summed E-state index contributed by atoms with van der Waals surface area (Å²) in [6.07, 6.45) is 3.45. The van der Waals surface area contributed by atoms with Crippen LogP contribution in [0.4, 0.5) is 11.4 Å². The summed E-state index contributed by atoms with van der Waals surface area (Å²) in [6.45, 7) is 6.48. The molecule has 36 heavy (non-hydrogen) atoms. The molecule has 1 aliphatic rings. The number of nitrogens with one attached hydrogen (secondary N) is 3. The molecule has 0 radical (unpaired) electrons. The molecule has 0 bridgehead atoms. The van der Waals surface area contributed by atoms with Crippen LogP contribution in [0.25, 0.3) is 0 Å². The van der Waals surface area contributed by atoms with Gasteiger partial charge in [-0.25, -0.2) is 0 Å². The SMILES string of the molecule is CCCCNC[C@H](O)[C@H](Cc1ccccc1)NC(=O)c1cc(NCC)cc(N2CCCCS2(O)O)c1. The molecule has 1 saturated heterocycles. The Balaban J connectivity index is 1.83. The number of carbonyl (C=O) groups is 1. The first kappa shape index (κ1) is 28.3. The summed E-state index contributed by atoms with van der Waals surface area (Å²) < 4.78 is 22.9. The van der Waals surface area contributed by atoms with Crippen molar-refractivity contribution in [3.05, 3.63) is 59.7 Å². The second kappa shape index (κ2) is 13.9. The normalized spacial score (nSPS) is 17.8. The van der Waals surface area contributed by atoms with Crippen molar-refractivity contribution < 1.29 is 19.0 Å². The number of unbranched alkanes of at least 4 members (excludes halogenated alkanes) is 1. The maximum Gasteiger partial charge on any atom is 0.251 e. The van der Waals surface area contributed by atoms with Gasteiger partial charge in [-0.1, -0.05) is 43.7 Å². The Kier molecular flexibility index (Phi) is 10.9. The molecule has 0 saturated carbocycles. The van der Waals surface area contributed by atoms with E-state index in [9.17, 15) is 19.0 Å². The molecule has 2 aromatic rings. The Morgan fingerprint density at radius 2 is 1.89 bits per heavy atom. The van der Waals surface area contributed by atoms with Crippen molar-refractivity contribution in [1.29, 1.82) is 0 Å². The Hall–Kier alpha value is -2.30. The molecule has 2 atom stereocenters. The molecule has 0 unspecified atom stereocenters. The number of nitrogens with zero attached hydrogens (tertiary/aromatic N) is 1. The van der Waals surface area contributed by atoms with Gasteiger partial charge in [0.25, 0.3) is 5.91 Å². The summed E-state index contributed by atoms with van der Waals surface area (Å²) in [5, 5.41) is 20.5. The molecular weight excluding hydrogens is 476 g/mol. The first-order valence-corrected chi connectivity index (χ1v) is 14.7. The van der Waals surface area contributed by atoms with Gasteiger partial charge in [0.15, 0.2) is 0 Å². The van der Waals surface area contributed by atoms with E-state index < -0.39 is 22.9 Å². The molecule has 8 nitrogen and oxygen atoms in total. The summed E-state index contributed by atoms with van der Waals surface area (Å²) in [5.74, 6) is 0.0223. The minimum Gasteiger partial charge on any atom is -0.390 e. The van der Waals surface area contributed by atoms with Crippen LogP contribution < -0.4 is 20.3 Å². The highest BCUT2D eigenvalue weighted by atomic mass is 32.3. The Morgan fingerprint density at radius 3 is 2.58 bits per heavy atom. The number of aliphatic hydroxyl groups is 1. The fraction of sp³-hybridized carbons (Fsp3) is 0.519. The van der Waals surface area contributed by atoms with Crippen molar-refractivity contribution in [2.24, 2.45) is 0 Å². The lowest BCUT2D eigenvalue weighted by atomic mass is 10.00. The van der Waals surface area contributed by atoms with E-state index in [4.69, 9.17) is 0 Å². The third-order valence-electron chi connectivity index (χ3n) is 6.37. The first-order valence-electron chi connectivity index (χ1n) is 13.0. The van der Waals surface area contributed by atoms with E-state index in [-0.39, 0.29) is 5.91 Å². The van der Waals surface area contributed by atoms with Gasteiger partial charge < -0.3 is 21.1 Å². The minimum atomic E-state index is -2.92. The summed E-state index contributed by atoms with van der Waals surface area (Å²) in [6, 6.07) is 14.7. The molecule has 0 aliphatic carbocycles. The van der Waals surface area contributed by atoms with Gasteiger partial charge in [-0.3, -0.25) is 18.2 Å². The van der Waals surface area contributed by atoms with E-state index in [0.29, 0.717) is 43.1 Å². The molecule has 6 N–H and O–H groups in total. The number of aliphatic hydroxyl groups excluding tert-OH is 1. The largest absolute Gasteiger partial charge is 0.390 e. The number of rotatable bonds is 13. The molecule has 1 amide bonds. The van der Waals surface area contributed by atoms with Gasteiger partial charge in [0.1, 0.15) is 0 Å². The van der Waals surface area contributed by atoms with E-state index >= 15 is 0 Å². The van der Waals surface area contributed by atoms with Crippen LogP contribution in [0, 0.1) is 0 Å². The number of anilines is 2. The fourth-order valence-corrected chi connectivity index (χ4v) is 6.07. The summed E-state index contributed by atoms with van der Waals surface area (Å²) >= 11 is 0. The first-order chi connectivity index (χ1) is 17.3. The number of carbonyl (C=O) groups excluding carboxylic acids is 1. The maximum absolute atomic E-state index is 13.5. The van der Waals surface area contributed by atoms with E-state index in [2.05, 4.69) is 22.9 Å². The lowest BCUT2D eigenvalue weighted by Gasteiger charge is -2.47. The van der Waals surface area contributed by atoms with Crippen LogP contribution in [0.5, 0.6) is 0 Å². The molecular formula is C27H42N4O4S. The molecule has 3 rings (SSSR count). The predicted octanol–water partition coefficient (Wildman–Crippen LogP) is 4.48. The van der Waals surface area contributed by atoms with Crippen molar-refractivity contribution in [3.8, 4) is 0 Å². The molecule has 1 heterocycles. The van der Waals surface area contributed by atoms with Gasteiger partial charge in [-0.15, -0.1) is 10.8 Å². The monoisotopic (exact) mass is 518 g/mol. The highest BCUT2D eigenvalue weighted by Gasteiger charge is 2.28. The third kappa shape index (κ3) is 8.11. The van der Waals surface area contributed by atoms with Crippen LogP contribution in [-0.4, -0.2) is 64.2 Å². The van der Waals surface area contributed by atoms with Crippen LogP contribution in [0.3, 0.4) is 0 Å². The lowest BCUT2D eigenvalue weighted by molar-refractivity contribution is 0.0831. The highest BCUT2D eigenvalue weighted by Crippen LogP contribution is 2.50.